The van der Waals surface area contributed by atoms with E-state index in [1.807, 2.05) is 24.3 Å². The summed E-state index contributed by atoms with van der Waals surface area (Å²) >= 11 is 0. The number of cyclic esters (lactones) is 1. The number of esters is 1. The van der Waals surface area contributed by atoms with Crippen LogP contribution in [0.4, 0.5) is 0 Å². The summed E-state index contributed by atoms with van der Waals surface area (Å²) in [7, 11) is 3.18. The van der Waals surface area contributed by atoms with Crippen LogP contribution in [-0.2, 0) is 22.4 Å². The van der Waals surface area contributed by atoms with Crippen molar-refractivity contribution in [3.8, 4) is 34.5 Å². The van der Waals surface area contributed by atoms with Crippen LogP contribution in [0.1, 0.15) is 11.1 Å². The average molecular weight is 414 g/mol. The van der Waals surface area contributed by atoms with E-state index < -0.39 is 0 Å². The first-order valence-corrected chi connectivity index (χ1v) is 9.76. The Bertz CT molecular complexity index is 986. The zero-order chi connectivity index (χ0) is 20.7. The van der Waals surface area contributed by atoms with Gasteiger partial charge in [0.25, 0.3) is 0 Å². The van der Waals surface area contributed by atoms with Crippen molar-refractivity contribution >= 4 is 5.97 Å². The molecule has 0 aliphatic carbocycles. The van der Waals surface area contributed by atoms with E-state index in [-0.39, 0.29) is 31.4 Å². The van der Waals surface area contributed by atoms with E-state index in [0.29, 0.717) is 53.9 Å². The molecule has 8 heteroatoms. The molecule has 0 radical (unpaired) electrons. The van der Waals surface area contributed by atoms with E-state index in [0.717, 1.165) is 11.1 Å². The van der Waals surface area contributed by atoms with Gasteiger partial charge in [0.05, 0.1) is 26.7 Å². The summed E-state index contributed by atoms with van der Waals surface area (Å²) in [5.74, 6) is 3.29. The van der Waals surface area contributed by atoms with Crippen LogP contribution in [0.15, 0.2) is 24.3 Å². The number of hydrogen-bond acceptors (Lipinski definition) is 8. The molecule has 0 amide bonds. The molecule has 0 N–H and O–H groups in total. The van der Waals surface area contributed by atoms with Gasteiger partial charge in [0.15, 0.2) is 23.0 Å². The van der Waals surface area contributed by atoms with Gasteiger partial charge < -0.3 is 33.2 Å². The van der Waals surface area contributed by atoms with Crippen molar-refractivity contribution in [2.24, 2.45) is 11.8 Å². The first-order valence-electron chi connectivity index (χ1n) is 9.76. The Labute approximate surface area is 173 Å². The molecular weight excluding hydrogens is 392 g/mol. The average Bonchev–Trinajstić information content (AvgIpc) is 3.49. The molecule has 2 atom stereocenters. The summed E-state index contributed by atoms with van der Waals surface area (Å²) in [6, 6.07) is 7.65. The number of rotatable bonds is 6. The van der Waals surface area contributed by atoms with Crippen molar-refractivity contribution < 1.29 is 38.0 Å². The normalized spacial score (nSPS) is 20.9. The number of benzene rings is 2. The third-order valence-corrected chi connectivity index (χ3v) is 5.70. The van der Waals surface area contributed by atoms with Crippen LogP contribution in [0.5, 0.6) is 34.5 Å². The van der Waals surface area contributed by atoms with Crippen molar-refractivity contribution in [1.29, 1.82) is 0 Å². The van der Waals surface area contributed by atoms with Crippen molar-refractivity contribution in [2.75, 3.05) is 34.4 Å². The number of fused-ring (bicyclic) bond motifs is 2. The smallest absolute Gasteiger partial charge is 0.309 e. The fourth-order valence-corrected chi connectivity index (χ4v) is 4.22. The molecule has 1 saturated heterocycles. The van der Waals surface area contributed by atoms with Gasteiger partial charge in [-0.25, -0.2) is 0 Å². The minimum atomic E-state index is -0.272. The molecule has 0 unspecified atom stereocenters. The van der Waals surface area contributed by atoms with Gasteiger partial charge in [0.1, 0.15) is 0 Å². The van der Waals surface area contributed by atoms with Crippen molar-refractivity contribution in [1.82, 2.24) is 0 Å². The van der Waals surface area contributed by atoms with Gasteiger partial charge in [-0.15, -0.1) is 0 Å². The maximum Gasteiger partial charge on any atom is 0.309 e. The lowest BCUT2D eigenvalue weighted by atomic mass is 9.85. The number of carbonyl (C=O) groups excluding carboxylic acids is 1. The summed E-state index contributed by atoms with van der Waals surface area (Å²) in [6.45, 7) is 0.714. The van der Waals surface area contributed by atoms with Crippen LogP contribution < -0.4 is 28.4 Å². The molecule has 3 aliphatic heterocycles. The maximum atomic E-state index is 12.5. The highest BCUT2D eigenvalue weighted by atomic mass is 16.7. The van der Waals surface area contributed by atoms with Gasteiger partial charge in [-0.2, -0.15) is 0 Å². The molecule has 5 rings (SSSR count). The molecule has 3 heterocycles. The Kier molecular flexibility index (Phi) is 4.69. The summed E-state index contributed by atoms with van der Waals surface area (Å²) in [4.78, 5) is 12.5. The molecule has 158 valence electrons. The summed E-state index contributed by atoms with van der Waals surface area (Å²) in [5.41, 5.74) is 1.95. The zero-order valence-electron chi connectivity index (χ0n) is 16.8. The SMILES string of the molecule is COc1cc(C[C@H]2COC(=O)[C@@H]2Cc2cc(OC)c3c(c2)OCO3)cc2c1OCO2. The van der Waals surface area contributed by atoms with E-state index in [4.69, 9.17) is 33.2 Å². The number of hydrogen-bond donors (Lipinski definition) is 0. The Morgan fingerprint density at radius 3 is 1.93 bits per heavy atom. The van der Waals surface area contributed by atoms with Crippen LogP contribution in [0.3, 0.4) is 0 Å². The number of ether oxygens (including phenoxy) is 7. The predicted octanol–water partition coefficient (Wildman–Crippen LogP) is 2.74. The van der Waals surface area contributed by atoms with Gasteiger partial charge in [-0.05, 0) is 48.2 Å². The Morgan fingerprint density at radius 1 is 0.800 bits per heavy atom. The molecule has 30 heavy (non-hydrogen) atoms. The van der Waals surface area contributed by atoms with Gasteiger partial charge in [0, 0.05) is 5.92 Å². The largest absolute Gasteiger partial charge is 0.493 e. The first kappa shape index (κ1) is 18.7. The Hall–Kier alpha value is -3.29. The minimum absolute atomic E-state index is 0.0268. The highest BCUT2D eigenvalue weighted by Crippen LogP contribution is 2.44. The second-order valence-electron chi connectivity index (χ2n) is 7.47. The lowest BCUT2D eigenvalue weighted by Crippen LogP contribution is -2.20. The Morgan fingerprint density at radius 2 is 1.37 bits per heavy atom. The highest BCUT2D eigenvalue weighted by molar-refractivity contribution is 5.75. The maximum absolute atomic E-state index is 12.5. The Balaban J connectivity index is 1.38. The topological polar surface area (TPSA) is 81.7 Å². The zero-order valence-corrected chi connectivity index (χ0v) is 16.8. The summed E-state index contributed by atoms with van der Waals surface area (Å²) in [5, 5.41) is 0. The van der Waals surface area contributed by atoms with Crippen molar-refractivity contribution in [3.05, 3.63) is 35.4 Å². The van der Waals surface area contributed by atoms with Crippen LogP contribution >= 0.6 is 0 Å². The fraction of sp³-hybridized carbons (Fsp3) is 0.409. The third kappa shape index (κ3) is 3.22. The van der Waals surface area contributed by atoms with Crippen molar-refractivity contribution in [3.63, 3.8) is 0 Å². The molecule has 1 fully saturated rings. The second kappa shape index (κ2) is 7.51. The second-order valence-corrected chi connectivity index (χ2v) is 7.47. The van der Waals surface area contributed by atoms with Crippen LogP contribution in [-0.4, -0.2) is 40.4 Å². The van der Waals surface area contributed by atoms with E-state index in [1.165, 1.54) is 0 Å². The van der Waals surface area contributed by atoms with E-state index in [9.17, 15) is 4.79 Å². The molecule has 0 spiro atoms. The van der Waals surface area contributed by atoms with Crippen LogP contribution in [0.25, 0.3) is 0 Å². The molecule has 3 aliphatic rings. The third-order valence-electron chi connectivity index (χ3n) is 5.70. The summed E-state index contributed by atoms with van der Waals surface area (Å²) in [6.07, 6.45) is 1.18. The first-order chi connectivity index (χ1) is 14.7. The van der Waals surface area contributed by atoms with Crippen LogP contribution in [0.2, 0.25) is 0 Å². The van der Waals surface area contributed by atoms with E-state index >= 15 is 0 Å². The molecule has 8 nitrogen and oxygen atoms in total. The highest BCUT2D eigenvalue weighted by Gasteiger charge is 2.38. The van der Waals surface area contributed by atoms with E-state index in [1.54, 1.807) is 14.2 Å². The molecular formula is C22H22O8. The van der Waals surface area contributed by atoms with Gasteiger partial charge in [-0.3, -0.25) is 4.79 Å². The monoisotopic (exact) mass is 414 g/mol. The lowest BCUT2D eigenvalue weighted by Gasteiger charge is -2.17. The number of carbonyl (C=O) groups is 1. The van der Waals surface area contributed by atoms with Gasteiger partial charge in [-0.1, -0.05) is 0 Å². The quantitative estimate of drug-likeness (QED) is 0.668. The molecule has 2 aromatic carbocycles. The lowest BCUT2D eigenvalue weighted by molar-refractivity contribution is -0.141. The predicted molar refractivity (Wildman–Crippen MR) is 104 cm³/mol. The minimum Gasteiger partial charge on any atom is -0.493 e. The standard InChI is InChI=1S/C22H22O8/c1-24-16-5-12(7-18-20(16)29-10-27-18)3-14-9-26-22(23)15(14)4-13-6-17(25-2)21-19(8-13)28-11-30-21/h5-8,14-15H,3-4,9-11H2,1-2H3/t14-,15+/m0/s1. The fourth-order valence-electron chi connectivity index (χ4n) is 4.22. The van der Waals surface area contributed by atoms with Gasteiger partial charge >= 0.3 is 5.97 Å². The summed E-state index contributed by atoms with van der Waals surface area (Å²) < 4.78 is 38.2. The molecule has 0 bridgehead atoms. The van der Waals surface area contributed by atoms with Gasteiger partial charge in [0.2, 0.25) is 25.1 Å². The molecule has 2 aromatic rings. The molecule has 0 aromatic heterocycles. The van der Waals surface area contributed by atoms with Crippen LogP contribution in [0, 0.1) is 11.8 Å². The van der Waals surface area contributed by atoms with Crippen molar-refractivity contribution in [2.45, 2.75) is 12.8 Å². The number of methoxy groups -OCH3 is 2. The van der Waals surface area contributed by atoms with E-state index in [2.05, 4.69) is 0 Å². The molecule has 0 saturated carbocycles.